The Bertz CT molecular complexity index is 597. The van der Waals surface area contributed by atoms with Gasteiger partial charge in [-0.05, 0) is 25.1 Å². The first-order chi connectivity index (χ1) is 9.08. The number of hydrogen-bond acceptors (Lipinski definition) is 2. The Morgan fingerprint density at radius 3 is 2.84 bits per heavy atom. The molecule has 7 heteroatoms. The maximum Gasteiger partial charge on any atom is 0.323 e. The van der Waals surface area contributed by atoms with Crippen molar-refractivity contribution >= 4 is 40.6 Å². The molecule has 2 amide bonds. The first-order valence-corrected chi connectivity index (χ1v) is 6.39. The lowest BCUT2D eigenvalue weighted by atomic mass is 10.3. The van der Waals surface area contributed by atoms with Crippen molar-refractivity contribution in [2.45, 2.75) is 13.5 Å². The molecule has 0 aliphatic carbocycles. The molecule has 0 saturated heterocycles. The Morgan fingerprint density at radius 1 is 1.37 bits per heavy atom. The van der Waals surface area contributed by atoms with Crippen molar-refractivity contribution in [3.63, 3.8) is 0 Å². The van der Waals surface area contributed by atoms with Gasteiger partial charge in [0.25, 0.3) is 0 Å². The summed E-state index contributed by atoms with van der Waals surface area (Å²) < 4.78 is 1.71. The van der Waals surface area contributed by atoms with Crippen LogP contribution >= 0.6 is 23.2 Å². The quantitative estimate of drug-likeness (QED) is 0.904. The van der Waals surface area contributed by atoms with Gasteiger partial charge in [0.05, 0.1) is 22.6 Å². The van der Waals surface area contributed by atoms with E-state index in [1.807, 2.05) is 6.92 Å². The number of anilines is 2. The van der Waals surface area contributed by atoms with E-state index in [2.05, 4.69) is 15.7 Å². The largest absolute Gasteiger partial charge is 0.323 e. The van der Waals surface area contributed by atoms with E-state index in [1.54, 1.807) is 35.3 Å². The van der Waals surface area contributed by atoms with Gasteiger partial charge in [-0.1, -0.05) is 23.2 Å². The van der Waals surface area contributed by atoms with Crippen molar-refractivity contribution in [2.75, 3.05) is 10.6 Å². The first kappa shape index (κ1) is 13.7. The summed E-state index contributed by atoms with van der Waals surface area (Å²) in [7, 11) is 0. The van der Waals surface area contributed by atoms with Crippen LogP contribution in [0, 0.1) is 0 Å². The van der Waals surface area contributed by atoms with Crippen LogP contribution in [0.3, 0.4) is 0 Å². The molecule has 2 aromatic rings. The molecule has 0 atom stereocenters. The Labute approximate surface area is 120 Å². The number of halogens is 2. The normalized spacial score (nSPS) is 10.3. The summed E-state index contributed by atoms with van der Waals surface area (Å²) in [6, 6.07) is 4.45. The predicted molar refractivity (Wildman–Crippen MR) is 77.0 cm³/mol. The highest BCUT2D eigenvalue weighted by atomic mass is 35.5. The van der Waals surface area contributed by atoms with Gasteiger partial charge in [-0.15, -0.1) is 0 Å². The highest BCUT2D eigenvalue weighted by molar-refractivity contribution is 6.35. The van der Waals surface area contributed by atoms with Gasteiger partial charge in [-0.2, -0.15) is 5.10 Å². The van der Waals surface area contributed by atoms with E-state index in [9.17, 15) is 4.79 Å². The fourth-order valence-corrected chi connectivity index (χ4v) is 1.82. The van der Waals surface area contributed by atoms with Crippen molar-refractivity contribution in [2.24, 2.45) is 0 Å². The molecule has 0 spiro atoms. The van der Waals surface area contributed by atoms with Gasteiger partial charge in [0.15, 0.2) is 0 Å². The van der Waals surface area contributed by atoms with Crippen molar-refractivity contribution in [1.29, 1.82) is 0 Å². The van der Waals surface area contributed by atoms with Crippen LogP contribution in [-0.2, 0) is 6.54 Å². The van der Waals surface area contributed by atoms with E-state index < -0.39 is 6.03 Å². The first-order valence-electron chi connectivity index (χ1n) is 5.64. The van der Waals surface area contributed by atoms with Crippen LogP contribution < -0.4 is 10.6 Å². The molecule has 0 aliphatic rings. The summed E-state index contributed by atoms with van der Waals surface area (Å²) in [6.45, 7) is 2.70. The fraction of sp³-hybridized carbons (Fsp3) is 0.167. The molecule has 0 aliphatic heterocycles. The van der Waals surface area contributed by atoms with E-state index in [-0.39, 0.29) is 0 Å². The van der Waals surface area contributed by atoms with E-state index in [0.29, 0.717) is 21.4 Å². The second-order valence-electron chi connectivity index (χ2n) is 3.79. The minimum Gasteiger partial charge on any atom is -0.306 e. The van der Waals surface area contributed by atoms with Crippen LogP contribution in [0.15, 0.2) is 30.6 Å². The third-order valence-corrected chi connectivity index (χ3v) is 2.96. The number of amides is 2. The van der Waals surface area contributed by atoms with Crippen LogP contribution in [-0.4, -0.2) is 15.8 Å². The summed E-state index contributed by atoms with van der Waals surface area (Å²) in [4.78, 5) is 11.8. The van der Waals surface area contributed by atoms with E-state index in [0.717, 1.165) is 6.54 Å². The monoisotopic (exact) mass is 298 g/mol. The van der Waals surface area contributed by atoms with Crippen molar-refractivity contribution in [3.8, 4) is 0 Å². The number of benzene rings is 1. The maximum absolute atomic E-state index is 11.8. The predicted octanol–water partition coefficient (Wildman–Crippen LogP) is 3.85. The van der Waals surface area contributed by atoms with E-state index in [4.69, 9.17) is 23.2 Å². The summed E-state index contributed by atoms with van der Waals surface area (Å²) in [6.07, 6.45) is 3.31. The standard InChI is InChI=1S/C12H12Cl2N4O/c1-2-18-7-9(6-15-18)16-12(19)17-11-5-8(13)3-4-10(11)14/h3-7H,2H2,1H3,(H2,16,17,19). The summed E-state index contributed by atoms with van der Waals surface area (Å²) in [5.41, 5.74) is 1.06. The highest BCUT2D eigenvalue weighted by Gasteiger charge is 2.07. The second kappa shape index (κ2) is 5.95. The molecule has 0 unspecified atom stereocenters. The average Bonchev–Trinajstić information content (AvgIpc) is 2.81. The van der Waals surface area contributed by atoms with Gasteiger partial charge < -0.3 is 10.6 Å². The zero-order valence-electron chi connectivity index (χ0n) is 10.2. The van der Waals surface area contributed by atoms with Gasteiger partial charge >= 0.3 is 6.03 Å². The molecule has 0 fully saturated rings. The fourth-order valence-electron chi connectivity index (χ4n) is 1.48. The average molecular weight is 299 g/mol. The van der Waals surface area contributed by atoms with Crippen LogP contribution in [0.25, 0.3) is 0 Å². The SMILES string of the molecule is CCn1cc(NC(=O)Nc2cc(Cl)ccc2Cl)cn1. The number of nitrogens with one attached hydrogen (secondary N) is 2. The zero-order chi connectivity index (χ0) is 13.8. The third-order valence-electron chi connectivity index (χ3n) is 2.39. The number of nitrogens with zero attached hydrogens (tertiary/aromatic N) is 2. The summed E-state index contributed by atoms with van der Waals surface area (Å²) >= 11 is 11.8. The topological polar surface area (TPSA) is 59.0 Å². The Hall–Kier alpha value is -1.72. The lowest BCUT2D eigenvalue weighted by Gasteiger charge is -2.08. The molecule has 1 aromatic carbocycles. The number of hydrogen-bond donors (Lipinski definition) is 2. The number of carbonyl (C=O) groups is 1. The molecule has 1 heterocycles. The lowest BCUT2D eigenvalue weighted by molar-refractivity contribution is 0.262. The molecule has 1 aromatic heterocycles. The lowest BCUT2D eigenvalue weighted by Crippen LogP contribution is -2.19. The van der Waals surface area contributed by atoms with E-state index in [1.165, 1.54) is 0 Å². The zero-order valence-corrected chi connectivity index (χ0v) is 11.7. The van der Waals surface area contributed by atoms with Crippen molar-refractivity contribution < 1.29 is 4.79 Å². The van der Waals surface area contributed by atoms with Gasteiger partial charge in [-0.3, -0.25) is 4.68 Å². The molecule has 2 rings (SSSR count). The molecular formula is C12H12Cl2N4O. The Morgan fingerprint density at radius 2 is 2.16 bits per heavy atom. The smallest absolute Gasteiger partial charge is 0.306 e. The Kier molecular flexibility index (Phi) is 4.29. The molecule has 2 N–H and O–H groups in total. The molecule has 100 valence electrons. The summed E-state index contributed by atoms with van der Waals surface area (Å²) in [5.74, 6) is 0. The number of rotatable bonds is 3. The second-order valence-corrected chi connectivity index (χ2v) is 4.63. The molecule has 5 nitrogen and oxygen atoms in total. The van der Waals surface area contributed by atoms with E-state index >= 15 is 0 Å². The highest BCUT2D eigenvalue weighted by Crippen LogP contribution is 2.25. The molecule has 0 saturated carbocycles. The summed E-state index contributed by atoms with van der Waals surface area (Å²) in [5, 5.41) is 10.3. The molecule has 0 bridgehead atoms. The minimum absolute atomic E-state index is 0.403. The van der Waals surface area contributed by atoms with Crippen molar-refractivity contribution in [3.05, 3.63) is 40.6 Å². The van der Waals surface area contributed by atoms with Gasteiger partial charge in [-0.25, -0.2) is 4.79 Å². The number of urea groups is 1. The van der Waals surface area contributed by atoms with Crippen LogP contribution in [0.1, 0.15) is 6.92 Å². The number of aromatic nitrogens is 2. The molecule has 0 radical (unpaired) electrons. The maximum atomic E-state index is 11.8. The number of aryl methyl sites for hydroxylation is 1. The van der Waals surface area contributed by atoms with Crippen LogP contribution in [0.5, 0.6) is 0 Å². The minimum atomic E-state index is -0.403. The van der Waals surface area contributed by atoms with Crippen molar-refractivity contribution in [1.82, 2.24) is 9.78 Å². The van der Waals surface area contributed by atoms with Gasteiger partial charge in [0.2, 0.25) is 0 Å². The van der Waals surface area contributed by atoms with Gasteiger partial charge in [0, 0.05) is 17.8 Å². The Balaban J connectivity index is 2.03. The number of carbonyl (C=O) groups excluding carboxylic acids is 1. The van der Waals surface area contributed by atoms with Crippen LogP contribution in [0.2, 0.25) is 10.0 Å². The van der Waals surface area contributed by atoms with Crippen LogP contribution in [0.4, 0.5) is 16.2 Å². The molecule has 19 heavy (non-hydrogen) atoms. The molecular weight excluding hydrogens is 287 g/mol. The van der Waals surface area contributed by atoms with Gasteiger partial charge in [0.1, 0.15) is 0 Å². The third kappa shape index (κ3) is 3.62.